The average molecular weight is 474 g/mol. The van der Waals surface area contributed by atoms with Gasteiger partial charge in [0.25, 0.3) is 0 Å². The van der Waals surface area contributed by atoms with E-state index in [0.717, 1.165) is 11.1 Å². The number of nitrogens with one attached hydrogen (secondary N) is 1. The van der Waals surface area contributed by atoms with Crippen LogP contribution in [0, 0.1) is 0 Å². The fourth-order valence-corrected chi connectivity index (χ4v) is 4.14. The van der Waals surface area contributed by atoms with Crippen LogP contribution in [-0.4, -0.2) is 60.4 Å². The second kappa shape index (κ2) is 10.9. The molecule has 3 rings (SSSR count). The number of aliphatic carboxylic acids is 1. The number of aromatic nitrogens is 2. The van der Waals surface area contributed by atoms with Crippen molar-refractivity contribution in [3.05, 3.63) is 67.0 Å². The molecule has 11 heteroatoms. The Morgan fingerprint density at radius 3 is 2.15 bits per heavy atom. The van der Waals surface area contributed by atoms with Crippen molar-refractivity contribution in [1.29, 1.82) is 0 Å². The van der Waals surface area contributed by atoms with Gasteiger partial charge in [-0.3, -0.25) is 4.79 Å². The number of hydrogen-bond acceptors (Lipinski definition) is 8. The third-order valence-electron chi connectivity index (χ3n) is 4.64. The highest BCUT2D eigenvalue weighted by Gasteiger charge is 2.28. The Labute approximate surface area is 190 Å². The molecule has 1 aromatic heterocycles. The summed E-state index contributed by atoms with van der Waals surface area (Å²) in [4.78, 5) is 19.1. The number of carbonyl (C=O) groups is 1. The molecule has 0 aliphatic rings. The number of benzene rings is 2. The van der Waals surface area contributed by atoms with Crippen LogP contribution >= 0.6 is 0 Å². The SMILES string of the molecule is COc1ccc(-c2ccc(S(=O)(=O)NC(CC(O)COc3ncccn3)C(=O)O)cc2)cc1. The van der Waals surface area contributed by atoms with Crippen LogP contribution in [0.3, 0.4) is 0 Å². The minimum atomic E-state index is -4.15. The molecule has 33 heavy (non-hydrogen) atoms. The predicted molar refractivity (Wildman–Crippen MR) is 118 cm³/mol. The second-order valence-corrected chi connectivity index (χ2v) is 8.71. The van der Waals surface area contributed by atoms with Crippen LogP contribution < -0.4 is 14.2 Å². The van der Waals surface area contributed by atoms with Crippen molar-refractivity contribution in [2.75, 3.05) is 13.7 Å². The number of carboxylic acid groups (broad SMARTS) is 1. The number of aliphatic hydroxyl groups is 1. The summed E-state index contributed by atoms with van der Waals surface area (Å²) < 4.78 is 37.9. The molecule has 0 aliphatic heterocycles. The maximum absolute atomic E-state index is 12.7. The number of carboxylic acids is 1. The molecular formula is C22H23N3O7S. The minimum absolute atomic E-state index is 0.0148. The minimum Gasteiger partial charge on any atom is -0.497 e. The number of methoxy groups -OCH3 is 1. The highest BCUT2D eigenvalue weighted by molar-refractivity contribution is 7.89. The number of rotatable bonds is 11. The molecule has 174 valence electrons. The number of nitrogens with zero attached hydrogens (tertiary/aromatic N) is 2. The Morgan fingerprint density at radius 1 is 1.03 bits per heavy atom. The van der Waals surface area contributed by atoms with E-state index in [0.29, 0.717) is 5.75 Å². The highest BCUT2D eigenvalue weighted by Crippen LogP contribution is 2.24. The van der Waals surface area contributed by atoms with Crippen molar-refractivity contribution >= 4 is 16.0 Å². The van der Waals surface area contributed by atoms with E-state index in [1.165, 1.54) is 24.5 Å². The average Bonchev–Trinajstić information content (AvgIpc) is 2.83. The van der Waals surface area contributed by atoms with Gasteiger partial charge in [0.1, 0.15) is 18.4 Å². The lowest BCUT2D eigenvalue weighted by molar-refractivity contribution is -0.139. The molecule has 3 aromatic rings. The molecule has 0 amide bonds. The molecular weight excluding hydrogens is 450 g/mol. The fourth-order valence-electron chi connectivity index (χ4n) is 2.94. The van der Waals surface area contributed by atoms with Gasteiger partial charge in [0.05, 0.1) is 18.1 Å². The van der Waals surface area contributed by atoms with Crippen molar-refractivity contribution in [2.45, 2.75) is 23.5 Å². The predicted octanol–water partition coefficient (Wildman–Crippen LogP) is 1.71. The van der Waals surface area contributed by atoms with Crippen LogP contribution in [0.15, 0.2) is 71.9 Å². The van der Waals surface area contributed by atoms with Crippen LogP contribution in [-0.2, 0) is 14.8 Å². The Hall–Kier alpha value is -3.54. The maximum Gasteiger partial charge on any atom is 0.321 e. The molecule has 2 atom stereocenters. The number of hydrogen-bond donors (Lipinski definition) is 3. The van der Waals surface area contributed by atoms with Gasteiger partial charge in [0.2, 0.25) is 10.0 Å². The lowest BCUT2D eigenvalue weighted by atomic mass is 10.1. The molecule has 0 spiro atoms. The molecule has 3 N–H and O–H groups in total. The van der Waals surface area contributed by atoms with Gasteiger partial charge in [0.15, 0.2) is 0 Å². The summed E-state index contributed by atoms with van der Waals surface area (Å²) in [5.74, 6) is -0.728. The zero-order valence-corrected chi connectivity index (χ0v) is 18.5. The zero-order chi connectivity index (χ0) is 23.8. The molecule has 0 aliphatic carbocycles. The molecule has 0 fully saturated rings. The summed E-state index contributed by atoms with van der Waals surface area (Å²) in [6.07, 6.45) is 1.21. The van der Waals surface area contributed by atoms with Gasteiger partial charge in [-0.25, -0.2) is 18.4 Å². The maximum atomic E-state index is 12.7. The van der Waals surface area contributed by atoms with E-state index in [4.69, 9.17) is 9.47 Å². The van der Waals surface area contributed by atoms with Crippen LogP contribution in [0.1, 0.15) is 6.42 Å². The van der Waals surface area contributed by atoms with Crippen molar-refractivity contribution in [3.63, 3.8) is 0 Å². The number of sulfonamides is 1. The lowest BCUT2D eigenvalue weighted by Gasteiger charge is -2.18. The van der Waals surface area contributed by atoms with E-state index in [-0.39, 0.29) is 17.5 Å². The molecule has 0 saturated heterocycles. The molecule has 0 radical (unpaired) electrons. The van der Waals surface area contributed by atoms with E-state index in [2.05, 4.69) is 14.7 Å². The summed E-state index contributed by atoms with van der Waals surface area (Å²) in [6, 6.07) is 13.3. The number of aliphatic hydroxyl groups excluding tert-OH is 1. The van der Waals surface area contributed by atoms with Gasteiger partial charge in [0, 0.05) is 18.8 Å². The standard InChI is InChI=1S/C22H23N3O7S/c1-31-18-7-3-15(4-8-18)16-5-9-19(10-6-16)33(29,30)25-20(21(27)28)13-17(26)14-32-22-23-11-2-12-24-22/h2-12,17,20,25-26H,13-14H2,1H3,(H,27,28). The van der Waals surface area contributed by atoms with E-state index in [1.54, 1.807) is 37.4 Å². The fraction of sp³-hybridized carbons (Fsp3) is 0.227. The van der Waals surface area contributed by atoms with Gasteiger partial charge in [-0.15, -0.1) is 0 Å². The molecule has 0 bridgehead atoms. The Balaban J connectivity index is 1.65. The van der Waals surface area contributed by atoms with Gasteiger partial charge in [-0.2, -0.15) is 4.72 Å². The van der Waals surface area contributed by atoms with E-state index >= 15 is 0 Å². The summed E-state index contributed by atoms with van der Waals surface area (Å²) in [6.45, 7) is -0.300. The number of ether oxygens (including phenoxy) is 2. The van der Waals surface area contributed by atoms with Gasteiger partial charge in [-0.05, 0) is 41.5 Å². The summed E-state index contributed by atoms with van der Waals surface area (Å²) in [5.41, 5.74) is 1.64. The molecule has 10 nitrogen and oxygen atoms in total. The van der Waals surface area contributed by atoms with Crippen LogP contribution in [0.25, 0.3) is 11.1 Å². The zero-order valence-electron chi connectivity index (χ0n) is 17.7. The van der Waals surface area contributed by atoms with Crippen LogP contribution in [0.5, 0.6) is 11.8 Å². The van der Waals surface area contributed by atoms with Crippen molar-refractivity contribution < 1.29 is 32.9 Å². The third-order valence-corrected chi connectivity index (χ3v) is 6.13. The van der Waals surface area contributed by atoms with Gasteiger partial charge >= 0.3 is 12.0 Å². The first-order valence-corrected chi connectivity index (χ1v) is 11.3. The Kier molecular flexibility index (Phi) is 7.93. The first-order valence-electron chi connectivity index (χ1n) is 9.86. The van der Waals surface area contributed by atoms with E-state index in [9.17, 15) is 23.4 Å². The topological polar surface area (TPSA) is 148 Å². The monoisotopic (exact) mass is 473 g/mol. The smallest absolute Gasteiger partial charge is 0.321 e. The molecule has 2 aromatic carbocycles. The lowest BCUT2D eigenvalue weighted by Crippen LogP contribution is -2.43. The highest BCUT2D eigenvalue weighted by atomic mass is 32.2. The van der Waals surface area contributed by atoms with Crippen LogP contribution in [0.4, 0.5) is 0 Å². The van der Waals surface area contributed by atoms with Crippen LogP contribution in [0.2, 0.25) is 0 Å². The third kappa shape index (κ3) is 6.72. The molecule has 2 unspecified atom stereocenters. The van der Waals surface area contributed by atoms with Gasteiger partial charge < -0.3 is 19.7 Å². The normalized spacial score (nSPS) is 13.2. The van der Waals surface area contributed by atoms with Gasteiger partial charge in [-0.1, -0.05) is 24.3 Å². The first kappa shape index (κ1) is 24.1. The molecule has 0 saturated carbocycles. The molecule has 1 heterocycles. The second-order valence-electron chi connectivity index (χ2n) is 7.00. The Bertz CT molecular complexity index is 1150. The summed E-state index contributed by atoms with van der Waals surface area (Å²) in [7, 11) is -2.59. The first-order chi connectivity index (χ1) is 15.8. The summed E-state index contributed by atoms with van der Waals surface area (Å²) in [5, 5.41) is 19.5. The summed E-state index contributed by atoms with van der Waals surface area (Å²) >= 11 is 0. The largest absolute Gasteiger partial charge is 0.497 e. The van der Waals surface area contributed by atoms with E-state index < -0.39 is 34.6 Å². The quantitative estimate of drug-likeness (QED) is 0.378. The van der Waals surface area contributed by atoms with Crippen molar-refractivity contribution in [3.8, 4) is 22.9 Å². The Morgan fingerprint density at radius 2 is 1.61 bits per heavy atom. The van der Waals surface area contributed by atoms with Crippen molar-refractivity contribution in [2.24, 2.45) is 0 Å². The van der Waals surface area contributed by atoms with Crippen molar-refractivity contribution in [1.82, 2.24) is 14.7 Å². The van der Waals surface area contributed by atoms with E-state index in [1.807, 2.05) is 12.1 Å².